The van der Waals surface area contributed by atoms with Crippen molar-refractivity contribution < 1.29 is 4.42 Å². The first-order valence-electron chi connectivity index (χ1n) is 17.7. The highest BCUT2D eigenvalue weighted by Gasteiger charge is 2.24. The SMILES string of the molecule is c1ccc(-c2nc(-n3c4ccccc4c4c5c6ccccc6c6ccccc6c5c5ccccc5c43)nc3cc4oc5ccccc5c4cc23)cc1. The largest absolute Gasteiger partial charge is 0.456 e. The van der Waals surface area contributed by atoms with Crippen LogP contribution in [0.15, 0.2) is 168 Å². The lowest BCUT2D eigenvalue weighted by molar-refractivity contribution is 0.669. The summed E-state index contributed by atoms with van der Waals surface area (Å²) in [7, 11) is 0. The molecule has 0 saturated carbocycles. The number of para-hydroxylation sites is 2. The second-order valence-corrected chi connectivity index (χ2v) is 13.7. The minimum Gasteiger partial charge on any atom is -0.456 e. The van der Waals surface area contributed by atoms with E-state index >= 15 is 0 Å². The monoisotopic (exact) mass is 661 g/mol. The quantitative estimate of drug-likeness (QED) is 0.173. The van der Waals surface area contributed by atoms with Gasteiger partial charge in [0.25, 0.3) is 0 Å². The van der Waals surface area contributed by atoms with E-state index < -0.39 is 0 Å². The molecule has 0 unspecified atom stereocenters. The van der Waals surface area contributed by atoms with Gasteiger partial charge < -0.3 is 4.42 Å². The van der Waals surface area contributed by atoms with E-state index in [9.17, 15) is 0 Å². The van der Waals surface area contributed by atoms with Gasteiger partial charge in [0.1, 0.15) is 11.2 Å². The highest BCUT2D eigenvalue weighted by Crippen LogP contribution is 2.48. The molecule has 0 fully saturated rings. The first kappa shape index (κ1) is 27.7. The van der Waals surface area contributed by atoms with Gasteiger partial charge in [-0.3, -0.25) is 4.57 Å². The highest BCUT2D eigenvalue weighted by atomic mass is 16.3. The minimum absolute atomic E-state index is 0.627. The molecule has 0 bridgehead atoms. The van der Waals surface area contributed by atoms with Gasteiger partial charge in [-0.25, -0.2) is 9.97 Å². The number of benzene rings is 9. The van der Waals surface area contributed by atoms with Crippen LogP contribution in [0.25, 0.3) is 115 Å². The first-order valence-corrected chi connectivity index (χ1v) is 17.7. The number of fused-ring (bicyclic) bond motifs is 17. The van der Waals surface area contributed by atoms with Crippen LogP contribution in [0.1, 0.15) is 0 Å². The molecule has 3 heterocycles. The Morgan fingerprint density at radius 3 is 1.71 bits per heavy atom. The Morgan fingerprint density at radius 2 is 0.962 bits per heavy atom. The van der Waals surface area contributed by atoms with Crippen molar-refractivity contribution in [1.82, 2.24) is 14.5 Å². The van der Waals surface area contributed by atoms with E-state index in [2.05, 4.69) is 150 Å². The van der Waals surface area contributed by atoms with Gasteiger partial charge in [-0.05, 0) is 50.5 Å². The third-order valence-electron chi connectivity index (χ3n) is 10.9. The molecule has 12 rings (SSSR count). The van der Waals surface area contributed by atoms with Gasteiger partial charge >= 0.3 is 0 Å². The Morgan fingerprint density at radius 1 is 0.385 bits per heavy atom. The molecule has 9 aromatic carbocycles. The molecule has 240 valence electrons. The van der Waals surface area contributed by atoms with Crippen LogP contribution in [-0.2, 0) is 0 Å². The van der Waals surface area contributed by atoms with E-state index in [1.165, 1.54) is 53.9 Å². The summed E-state index contributed by atoms with van der Waals surface area (Å²) in [5, 5.41) is 15.4. The van der Waals surface area contributed by atoms with Gasteiger partial charge in [-0.1, -0.05) is 140 Å². The molecule has 0 aliphatic carbocycles. The summed E-state index contributed by atoms with van der Waals surface area (Å²) in [4.78, 5) is 10.9. The number of nitrogens with zero attached hydrogens (tertiary/aromatic N) is 3. The molecular formula is C48H27N3O. The minimum atomic E-state index is 0.627. The summed E-state index contributed by atoms with van der Waals surface area (Å²) in [6.07, 6.45) is 0. The molecule has 0 N–H and O–H groups in total. The molecule has 0 aliphatic rings. The van der Waals surface area contributed by atoms with Gasteiger partial charge in [0.15, 0.2) is 0 Å². The topological polar surface area (TPSA) is 43.9 Å². The van der Waals surface area contributed by atoms with Crippen LogP contribution < -0.4 is 0 Å². The van der Waals surface area contributed by atoms with Crippen molar-refractivity contribution in [2.24, 2.45) is 0 Å². The van der Waals surface area contributed by atoms with E-state index in [-0.39, 0.29) is 0 Å². The predicted octanol–water partition coefficient (Wildman–Crippen LogP) is 12.9. The molecule has 0 atom stereocenters. The molecule has 52 heavy (non-hydrogen) atoms. The fourth-order valence-electron chi connectivity index (χ4n) is 8.80. The van der Waals surface area contributed by atoms with Crippen LogP contribution in [0.3, 0.4) is 0 Å². The van der Waals surface area contributed by atoms with Crippen LogP contribution in [0.4, 0.5) is 0 Å². The number of hydrogen-bond acceptors (Lipinski definition) is 3. The standard InChI is InChI=1S/C48H27N3O/c1-2-14-28(15-3-1)46-38-26-37-31-18-11-13-25-41(31)52-42(37)27-39(38)49-48(50-46)51-40-24-12-10-23-36(40)45-44-33-20-7-5-17-30(33)29-16-4-6-19-32(29)43(44)34-21-8-9-22-35(34)47(45)51/h1-27H. The second-order valence-electron chi connectivity index (χ2n) is 13.7. The number of hydrogen-bond donors (Lipinski definition) is 0. The van der Waals surface area contributed by atoms with Gasteiger partial charge in [0.05, 0.1) is 22.2 Å². The molecule has 0 radical (unpaired) electrons. The average Bonchev–Trinajstić information content (AvgIpc) is 3.75. The van der Waals surface area contributed by atoms with Crippen LogP contribution in [0.5, 0.6) is 0 Å². The smallest absolute Gasteiger partial charge is 0.235 e. The van der Waals surface area contributed by atoms with Gasteiger partial charge in [0, 0.05) is 49.3 Å². The number of furan rings is 1. The van der Waals surface area contributed by atoms with E-state index in [1.807, 2.05) is 18.2 Å². The number of rotatable bonds is 2. The van der Waals surface area contributed by atoms with E-state index in [0.717, 1.165) is 55.1 Å². The van der Waals surface area contributed by atoms with Gasteiger partial charge in [-0.2, -0.15) is 0 Å². The Balaban J connectivity index is 1.31. The third kappa shape index (κ3) is 3.65. The molecule has 12 aromatic rings. The van der Waals surface area contributed by atoms with Crippen LogP contribution in [-0.4, -0.2) is 14.5 Å². The van der Waals surface area contributed by atoms with Crippen LogP contribution in [0, 0.1) is 0 Å². The van der Waals surface area contributed by atoms with Crippen molar-refractivity contribution in [3.05, 3.63) is 164 Å². The Hall–Kier alpha value is -7.04. The summed E-state index contributed by atoms with van der Waals surface area (Å²) in [5.41, 5.74) is 6.61. The average molecular weight is 662 g/mol. The molecule has 0 amide bonds. The molecule has 0 spiro atoms. The van der Waals surface area contributed by atoms with Crippen molar-refractivity contribution in [2.75, 3.05) is 0 Å². The maximum absolute atomic E-state index is 6.39. The first-order chi connectivity index (χ1) is 25.8. The summed E-state index contributed by atoms with van der Waals surface area (Å²) < 4.78 is 8.69. The lowest BCUT2D eigenvalue weighted by atomic mass is 9.88. The molecular weight excluding hydrogens is 635 g/mol. The lowest BCUT2D eigenvalue weighted by Gasteiger charge is -2.16. The zero-order chi connectivity index (χ0) is 33.9. The molecule has 4 heteroatoms. The predicted molar refractivity (Wildman–Crippen MR) is 217 cm³/mol. The van der Waals surface area contributed by atoms with Crippen LogP contribution >= 0.6 is 0 Å². The van der Waals surface area contributed by atoms with Gasteiger partial charge in [-0.15, -0.1) is 0 Å². The summed E-state index contributed by atoms with van der Waals surface area (Å²) in [6, 6.07) is 58.2. The molecule has 0 saturated heterocycles. The van der Waals surface area contributed by atoms with Crippen molar-refractivity contribution >= 4 is 97.7 Å². The Labute approximate surface area is 296 Å². The molecule has 3 aromatic heterocycles. The molecule has 0 aliphatic heterocycles. The summed E-state index contributed by atoms with van der Waals surface area (Å²) in [6.45, 7) is 0. The van der Waals surface area contributed by atoms with E-state index in [4.69, 9.17) is 14.4 Å². The van der Waals surface area contributed by atoms with Crippen molar-refractivity contribution in [2.45, 2.75) is 0 Å². The zero-order valence-corrected chi connectivity index (χ0v) is 27.8. The Bertz CT molecular complexity index is 3470. The lowest BCUT2D eigenvalue weighted by Crippen LogP contribution is -2.04. The van der Waals surface area contributed by atoms with Crippen molar-refractivity contribution in [3.8, 4) is 17.2 Å². The zero-order valence-electron chi connectivity index (χ0n) is 27.8. The van der Waals surface area contributed by atoms with Gasteiger partial charge in [0.2, 0.25) is 5.95 Å². The summed E-state index contributed by atoms with van der Waals surface area (Å²) in [5.74, 6) is 0.627. The maximum atomic E-state index is 6.39. The molecule has 4 nitrogen and oxygen atoms in total. The normalized spacial score (nSPS) is 12.2. The van der Waals surface area contributed by atoms with Crippen molar-refractivity contribution in [1.29, 1.82) is 0 Å². The third-order valence-corrected chi connectivity index (χ3v) is 10.9. The maximum Gasteiger partial charge on any atom is 0.235 e. The Kier molecular flexibility index (Phi) is 5.47. The van der Waals surface area contributed by atoms with E-state index in [0.29, 0.717) is 5.95 Å². The van der Waals surface area contributed by atoms with Crippen molar-refractivity contribution in [3.63, 3.8) is 0 Å². The van der Waals surface area contributed by atoms with E-state index in [1.54, 1.807) is 0 Å². The fourth-order valence-corrected chi connectivity index (χ4v) is 8.80. The number of aromatic nitrogens is 3. The van der Waals surface area contributed by atoms with Crippen LogP contribution in [0.2, 0.25) is 0 Å². The highest BCUT2D eigenvalue weighted by molar-refractivity contribution is 6.42. The summed E-state index contributed by atoms with van der Waals surface area (Å²) >= 11 is 0. The fraction of sp³-hybridized carbons (Fsp3) is 0. The second kappa shape index (κ2) is 10.3.